The molecule has 198 valence electrons. The number of hydrogen-bond acceptors (Lipinski definition) is 6. The van der Waals surface area contributed by atoms with Crippen molar-refractivity contribution >= 4 is 23.2 Å². The van der Waals surface area contributed by atoms with Crippen LogP contribution in [-0.2, 0) is 22.5 Å². The van der Waals surface area contributed by atoms with E-state index in [-0.39, 0.29) is 11.5 Å². The summed E-state index contributed by atoms with van der Waals surface area (Å²) in [6, 6.07) is 5.56. The van der Waals surface area contributed by atoms with E-state index in [2.05, 4.69) is 28.9 Å². The molecule has 0 unspecified atom stereocenters. The smallest absolute Gasteiger partial charge is 0.337 e. The molecule has 0 radical (unpaired) electrons. The minimum Gasteiger partial charge on any atom is -0.598 e. The number of aryl methyl sites for hydroxylation is 2. The summed E-state index contributed by atoms with van der Waals surface area (Å²) in [5.41, 5.74) is 6.50. The number of nitrogens with one attached hydrogen (secondary N) is 1. The molecule has 0 amide bonds. The Balaban J connectivity index is 1.47. The van der Waals surface area contributed by atoms with Gasteiger partial charge in [-0.05, 0) is 49.4 Å². The van der Waals surface area contributed by atoms with Gasteiger partial charge in [0.05, 0.1) is 18.4 Å². The Hall–Kier alpha value is -2.05. The molecule has 7 heteroatoms. The van der Waals surface area contributed by atoms with Gasteiger partial charge < -0.3 is 14.6 Å². The Kier molecular flexibility index (Phi) is 11.1. The average Bonchev–Trinajstić information content (AvgIpc) is 3.23. The Morgan fingerprint density at radius 3 is 2.53 bits per heavy atom. The van der Waals surface area contributed by atoms with Crippen LogP contribution in [0.5, 0.6) is 0 Å². The molecule has 2 aliphatic heterocycles. The third-order valence-corrected chi connectivity index (χ3v) is 8.92. The number of unbranched alkanes of at least 4 members (excludes halogenated alkanes) is 6. The van der Waals surface area contributed by atoms with Crippen molar-refractivity contribution in [3.05, 3.63) is 52.9 Å². The molecular formula is C29H43N3O3S. The molecule has 0 aliphatic carbocycles. The lowest BCUT2D eigenvalue weighted by Gasteiger charge is -2.36. The minimum atomic E-state index is -1.05. The van der Waals surface area contributed by atoms with Crippen LogP contribution in [0.4, 0.5) is 0 Å². The summed E-state index contributed by atoms with van der Waals surface area (Å²) in [5.74, 6) is 1.30. The van der Waals surface area contributed by atoms with Crippen molar-refractivity contribution in [2.45, 2.75) is 90.0 Å². The molecule has 36 heavy (non-hydrogen) atoms. The summed E-state index contributed by atoms with van der Waals surface area (Å²) < 4.78 is 19.9. The van der Waals surface area contributed by atoms with E-state index in [1.54, 1.807) is 6.07 Å². The maximum absolute atomic E-state index is 13.1. The van der Waals surface area contributed by atoms with Gasteiger partial charge in [-0.25, -0.2) is 4.79 Å². The molecule has 2 heterocycles. The highest BCUT2D eigenvalue weighted by atomic mass is 32.2. The molecule has 0 saturated carbocycles. The van der Waals surface area contributed by atoms with Crippen molar-refractivity contribution in [2.24, 2.45) is 4.99 Å². The predicted octanol–water partition coefficient (Wildman–Crippen LogP) is 5.63. The highest BCUT2D eigenvalue weighted by Crippen LogP contribution is 2.37. The third-order valence-electron chi connectivity index (χ3n) is 7.42. The molecule has 1 saturated heterocycles. The first-order valence-electron chi connectivity index (χ1n) is 13.5. The molecule has 1 fully saturated rings. The van der Waals surface area contributed by atoms with Gasteiger partial charge in [0.25, 0.3) is 0 Å². The van der Waals surface area contributed by atoms with E-state index in [1.807, 2.05) is 19.1 Å². The standard InChI is InChI=1S/C29H43N3O3S/c1-5-7-8-9-10-11-12-13-27-30-26(6-2)29(31-27)17-19-32(20-18-29)36(34)21-16-24-14-15-25(22-23(24)3)28(33)35-4/h14-15,22H,2,5,7-13,16-21H2,1,3-4H3,(H,30,31)/t36-/m0/s1. The lowest BCUT2D eigenvalue weighted by Crippen LogP contribution is -2.47. The lowest BCUT2D eigenvalue weighted by atomic mass is 9.87. The number of piperidine rings is 1. The van der Waals surface area contributed by atoms with Gasteiger partial charge in [-0.15, -0.1) is 10.0 Å². The van der Waals surface area contributed by atoms with Gasteiger partial charge in [-0.3, -0.25) is 4.99 Å². The molecule has 0 aromatic heterocycles. The van der Waals surface area contributed by atoms with Crippen LogP contribution < -0.4 is 5.32 Å². The average molecular weight is 514 g/mol. The van der Waals surface area contributed by atoms with Gasteiger partial charge in [0.2, 0.25) is 0 Å². The second-order valence-corrected chi connectivity index (χ2v) is 11.5. The number of benzene rings is 1. The van der Waals surface area contributed by atoms with Crippen LogP contribution in [0.1, 0.15) is 92.6 Å². The van der Waals surface area contributed by atoms with Crippen molar-refractivity contribution < 1.29 is 14.1 Å². The third kappa shape index (κ3) is 7.48. The fourth-order valence-electron chi connectivity index (χ4n) is 5.15. The van der Waals surface area contributed by atoms with E-state index in [0.29, 0.717) is 17.7 Å². The van der Waals surface area contributed by atoms with E-state index in [1.165, 1.54) is 45.6 Å². The molecule has 6 nitrogen and oxygen atoms in total. The fourth-order valence-corrected chi connectivity index (χ4v) is 6.39. The SMILES string of the molecule is C=C=C1NC(CCCCCCCCC)=NC12CCN([S@@+]([O-])CCc1ccc(C(=O)OC)cc1C)CC2. The number of aliphatic imine (C=N–C) groups is 1. The summed E-state index contributed by atoms with van der Waals surface area (Å²) >= 11 is -1.05. The van der Waals surface area contributed by atoms with Gasteiger partial charge in [-0.1, -0.05) is 58.1 Å². The normalized spacial score (nSPS) is 18.0. The zero-order valence-electron chi connectivity index (χ0n) is 22.4. The molecule has 1 aromatic carbocycles. The molecular weight excluding hydrogens is 470 g/mol. The summed E-state index contributed by atoms with van der Waals surface area (Å²) in [4.78, 5) is 16.8. The van der Waals surface area contributed by atoms with Crippen molar-refractivity contribution in [3.63, 3.8) is 0 Å². The number of esters is 1. The lowest BCUT2D eigenvalue weighted by molar-refractivity contribution is 0.0600. The second kappa shape index (κ2) is 14.0. The van der Waals surface area contributed by atoms with Crippen molar-refractivity contribution in [1.82, 2.24) is 9.62 Å². The van der Waals surface area contributed by atoms with Crippen molar-refractivity contribution in [3.8, 4) is 0 Å². The maximum atomic E-state index is 13.1. The number of methoxy groups -OCH3 is 1. The summed E-state index contributed by atoms with van der Waals surface area (Å²) in [5, 5.41) is 3.49. The highest BCUT2D eigenvalue weighted by Gasteiger charge is 2.44. The number of carbonyl (C=O) groups is 1. The summed E-state index contributed by atoms with van der Waals surface area (Å²) in [7, 11) is 1.38. The van der Waals surface area contributed by atoms with E-state index < -0.39 is 11.4 Å². The van der Waals surface area contributed by atoms with E-state index >= 15 is 0 Å². The van der Waals surface area contributed by atoms with Gasteiger partial charge in [0.1, 0.15) is 17.1 Å². The number of amidine groups is 1. The Labute approximate surface area is 220 Å². The van der Waals surface area contributed by atoms with Crippen LogP contribution in [0.2, 0.25) is 0 Å². The van der Waals surface area contributed by atoms with Crippen LogP contribution in [0.25, 0.3) is 0 Å². The van der Waals surface area contributed by atoms with Crippen LogP contribution in [0.3, 0.4) is 0 Å². The van der Waals surface area contributed by atoms with Gasteiger partial charge in [-0.2, -0.15) is 0 Å². The topological polar surface area (TPSA) is 77.0 Å². The minimum absolute atomic E-state index is 0.279. The molecule has 1 N–H and O–H groups in total. The number of carbonyl (C=O) groups excluding carboxylic acids is 1. The Bertz CT molecular complexity index is 963. The molecule has 1 spiro atoms. The van der Waals surface area contributed by atoms with E-state index in [0.717, 1.165) is 61.4 Å². The predicted molar refractivity (Wildman–Crippen MR) is 149 cm³/mol. The molecule has 1 aromatic rings. The number of nitrogens with zero attached hydrogens (tertiary/aromatic N) is 2. The van der Waals surface area contributed by atoms with Gasteiger partial charge >= 0.3 is 5.97 Å². The Morgan fingerprint density at radius 2 is 1.89 bits per heavy atom. The first kappa shape index (κ1) is 28.5. The maximum Gasteiger partial charge on any atom is 0.337 e. The van der Waals surface area contributed by atoms with Crippen LogP contribution in [0, 0.1) is 6.92 Å². The first-order valence-corrected chi connectivity index (χ1v) is 14.8. The van der Waals surface area contributed by atoms with Crippen molar-refractivity contribution in [2.75, 3.05) is 26.0 Å². The van der Waals surface area contributed by atoms with Gasteiger partial charge in [0, 0.05) is 37.3 Å². The Morgan fingerprint density at radius 1 is 1.19 bits per heavy atom. The van der Waals surface area contributed by atoms with E-state index in [4.69, 9.17) is 9.73 Å². The largest absolute Gasteiger partial charge is 0.598 e. The fraction of sp³-hybridized carbons (Fsp3) is 0.621. The highest BCUT2D eigenvalue weighted by molar-refractivity contribution is 7.89. The number of hydrogen-bond donors (Lipinski definition) is 1. The molecule has 3 rings (SSSR count). The van der Waals surface area contributed by atoms with Crippen LogP contribution in [0.15, 0.2) is 41.2 Å². The monoisotopic (exact) mass is 513 g/mol. The van der Waals surface area contributed by atoms with Crippen LogP contribution in [-0.4, -0.2) is 52.2 Å². The summed E-state index contributed by atoms with van der Waals surface area (Å²) in [6.45, 7) is 9.63. The quantitative estimate of drug-likeness (QED) is 0.160. The van der Waals surface area contributed by atoms with Crippen LogP contribution >= 0.6 is 0 Å². The number of rotatable bonds is 13. The zero-order valence-corrected chi connectivity index (χ0v) is 23.2. The summed E-state index contributed by atoms with van der Waals surface area (Å²) in [6.07, 6.45) is 12.4. The molecule has 2 aliphatic rings. The van der Waals surface area contributed by atoms with Crippen molar-refractivity contribution in [1.29, 1.82) is 0 Å². The zero-order chi connectivity index (χ0) is 26.0. The van der Waals surface area contributed by atoms with Gasteiger partial charge in [0.15, 0.2) is 0 Å². The first-order chi connectivity index (χ1) is 17.4. The second-order valence-electron chi connectivity index (χ2n) is 9.98. The molecule has 1 atom stereocenters. The molecule has 0 bridgehead atoms. The van der Waals surface area contributed by atoms with E-state index in [9.17, 15) is 9.35 Å². The number of ether oxygens (including phenoxy) is 1.